The number of fused-ring (bicyclic) bond motifs is 13. The van der Waals surface area contributed by atoms with E-state index in [1.807, 2.05) is 12.1 Å². The summed E-state index contributed by atoms with van der Waals surface area (Å²) in [5.41, 5.74) is 29.8. The second-order valence-corrected chi connectivity index (χ2v) is 32.0. The van der Waals surface area contributed by atoms with Crippen molar-refractivity contribution < 1.29 is 0 Å². The maximum absolute atomic E-state index is 11.7. The molecule has 106 heavy (non-hydrogen) atoms. The first kappa shape index (κ1) is 64.0. The Labute approximate surface area is 619 Å². The highest BCUT2D eigenvalue weighted by atomic mass is 15.2. The molecule has 0 N–H and O–H groups in total. The van der Waals surface area contributed by atoms with E-state index in [2.05, 4.69) is 383 Å². The van der Waals surface area contributed by atoms with E-state index in [0.717, 1.165) is 156 Å². The fourth-order valence-corrected chi connectivity index (χ4v) is 17.3. The zero-order valence-corrected chi connectivity index (χ0v) is 61.0. The summed E-state index contributed by atoms with van der Waals surface area (Å²) in [6.45, 7) is 20.3. The Morgan fingerprint density at radius 1 is 0.274 bits per heavy atom. The lowest BCUT2D eigenvalue weighted by molar-refractivity contribution is 0.590. The van der Waals surface area contributed by atoms with Crippen molar-refractivity contribution >= 4 is 123 Å². The lowest BCUT2D eigenvalue weighted by atomic mass is 9.33. The number of rotatable bonds is 8. The molecule has 0 saturated carbocycles. The minimum absolute atomic E-state index is 0.0773. The van der Waals surface area contributed by atoms with Crippen molar-refractivity contribution in [3.05, 3.63) is 325 Å². The van der Waals surface area contributed by atoms with Crippen LogP contribution in [0.5, 0.6) is 0 Å². The molecule has 0 bridgehead atoms. The van der Waals surface area contributed by atoms with E-state index < -0.39 is 0 Å². The van der Waals surface area contributed by atoms with Gasteiger partial charge in [0.2, 0.25) is 0 Å². The zero-order valence-electron chi connectivity index (χ0n) is 61.0. The van der Waals surface area contributed by atoms with Crippen LogP contribution in [-0.2, 0) is 16.2 Å². The van der Waals surface area contributed by atoms with E-state index in [0.29, 0.717) is 11.1 Å². The van der Waals surface area contributed by atoms with Crippen LogP contribution < -0.4 is 26.2 Å². The summed E-state index contributed by atoms with van der Waals surface area (Å²) in [5, 5.41) is 29.2. The molecule has 2 aliphatic heterocycles. The van der Waals surface area contributed by atoms with Gasteiger partial charge in [0, 0.05) is 88.8 Å². The maximum atomic E-state index is 11.7. The first-order valence-electron chi connectivity index (χ1n) is 36.9. The molecular weight excluding hydrogens is 1290 g/mol. The number of hydrogen-bond acceptors (Lipinski definition) is 4. The Kier molecular flexibility index (Phi) is 14.4. The highest BCUT2D eigenvalue weighted by molar-refractivity contribution is 7.00. The molecule has 0 aliphatic carbocycles. The van der Waals surface area contributed by atoms with E-state index in [-0.39, 0.29) is 23.0 Å². The normalized spacial score (nSPS) is 12.9. The Hall–Kier alpha value is -12.9. The van der Waals surface area contributed by atoms with E-state index >= 15 is 0 Å². The molecule has 19 rings (SSSR count). The van der Waals surface area contributed by atoms with Crippen molar-refractivity contribution in [2.75, 3.05) is 9.80 Å². The monoisotopic (exact) mass is 1360 g/mol. The molecule has 0 radical (unpaired) electrons. The van der Waals surface area contributed by atoms with Gasteiger partial charge >= 0.3 is 0 Å². The van der Waals surface area contributed by atoms with Gasteiger partial charge in [0.15, 0.2) is 0 Å². The average Bonchev–Trinajstić information content (AvgIpc) is 1.51. The Balaban J connectivity index is 0.957. The molecule has 14 aromatic carbocycles. The number of anilines is 6. The summed E-state index contributed by atoms with van der Waals surface area (Å²) in [7, 11) is 0. The van der Waals surface area contributed by atoms with Crippen LogP contribution in [0.3, 0.4) is 0 Å². The van der Waals surface area contributed by atoms with Crippen molar-refractivity contribution in [3.8, 4) is 62.6 Å². The van der Waals surface area contributed by atoms with Crippen molar-refractivity contribution in [2.24, 2.45) is 0 Å². The van der Waals surface area contributed by atoms with Gasteiger partial charge in [0.1, 0.15) is 0 Å². The molecule has 0 unspecified atom stereocenters. The van der Waals surface area contributed by atoms with Crippen LogP contribution in [0.25, 0.3) is 116 Å². The number of para-hydroxylation sites is 4. The molecule has 17 aromatic rings. The molecule has 2 aliphatic rings. The third kappa shape index (κ3) is 10.00. The van der Waals surface area contributed by atoms with Gasteiger partial charge in [0.05, 0.1) is 67.7 Å². The quantitative estimate of drug-likeness (QED) is 0.142. The van der Waals surface area contributed by atoms with E-state index in [1.54, 1.807) is 0 Å². The van der Waals surface area contributed by atoms with Gasteiger partial charge in [-0.15, -0.1) is 0 Å². The Bertz CT molecular complexity index is 6500. The number of hydrogen-bond donors (Lipinski definition) is 0. The van der Waals surface area contributed by atoms with Gasteiger partial charge in [-0.1, -0.05) is 226 Å². The summed E-state index contributed by atoms with van der Waals surface area (Å²) in [5.74, 6) is 0. The molecule has 506 valence electrons. The van der Waals surface area contributed by atoms with Gasteiger partial charge in [-0.3, -0.25) is 0 Å². The van der Waals surface area contributed by atoms with Crippen molar-refractivity contribution in [2.45, 2.75) is 78.6 Å². The van der Waals surface area contributed by atoms with Crippen LogP contribution >= 0.6 is 0 Å². The van der Waals surface area contributed by atoms with Crippen molar-refractivity contribution in [1.29, 1.82) is 10.5 Å². The standard InChI is InChI=1S/C98H76BN7/c1-96(2,3)66-38-47-88-78(53-66)77-50-61(59-100)36-46-87(77)103(88)70-42-44-81-91(57-70)105(83-32-20-16-28-72(83)62-24-12-10-13-25-62)93-51-65(76-56-69(41-37-64(76)60-101)102-85-34-22-18-30-74(85)75-31-19-23-35-86(75)102)52-94-95(93)99(81)82-45-43-71(58-92(82)106(94)84-33-21-17-29-73(84)63-26-14-11-15-27-63)104-89-48-39-67(97(4,5)6)54-79(89)80-55-68(98(7,8)9)40-49-90(80)104/h10-58H,1-9H3. The molecule has 7 nitrogen and oxygen atoms in total. The fourth-order valence-electron chi connectivity index (χ4n) is 17.3. The second kappa shape index (κ2) is 23.8. The predicted molar refractivity (Wildman–Crippen MR) is 445 cm³/mol. The largest absolute Gasteiger partial charge is 0.311 e. The lowest BCUT2D eigenvalue weighted by Gasteiger charge is -2.45. The third-order valence-electron chi connectivity index (χ3n) is 22.5. The molecule has 0 atom stereocenters. The minimum Gasteiger partial charge on any atom is -0.311 e. The zero-order chi connectivity index (χ0) is 72.2. The van der Waals surface area contributed by atoms with Gasteiger partial charge in [-0.2, -0.15) is 10.5 Å². The SMILES string of the molecule is CC(C)(C)c1ccc2c(c1)c1cc(C#N)ccc1n2-c1ccc2c(c1)N(c1ccccc1-c1ccccc1)c1cc(-c3cc(-n4c5ccccc5c5ccccc54)ccc3C#N)cc3c1B2c1ccc(-n2c4ccc(C(C)(C)C)cc4c4cc(C(C)(C)C)ccc42)cc1N3c1ccccc1-c1ccccc1. The van der Waals surface area contributed by atoms with Crippen LogP contribution in [0.4, 0.5) is 34.1 Å². The number of aromatic nitrogens is 3. The average molecular weight is 1360 g/mol. The molecule has 0 saturated heterocycles. The van der Waals surface area contributed by atoms with Crippen molar-refractivity contribution in [3.63, 3.8) is 0 Å². The van der Waals surface area contributed by atoms with Crippen LogP contribution in [-0.4, -0.2) is 20.4 Å². The number of nitriles is 2. The number of benzene rings is 14. The second-order valence-electron chi connectivity index (χ2n) is 32.0. The number of nitrogens with zero attached hydrogens (tertiary/aromatic N) is 7. The molecule has 0 amide bonds. The maximum Gasteiger partial charge on any atom is 0.252 e. The van der Waals surface area contributed by atoms with Gasteiger partial charge < -0.3 is 23.5 Å². The third-order valence-corrected chi connectivity index (χ3v) is 22.5. The summed E-state index contributed by atoms with van der Waals surface area (Å²) in [4.78, 5) is 5.10. The van der Waals surface area contributed by atoms with Crippen LogP contribution in [0.2, 0.25) is 0 Å². The van der Waals surface area contributed by atoms with Crippen LogP contribution in [0.15, 0.2) is 297 Å². The lowest BCUT2D eigenvalue weighted by Crippen LogP contribution is -2.61. The fraction of sp³-hybridized carbons (Fsp3) is 0.122. The molecule has 5 heterocycles. The van der Waals surface area contributed by atoms with E-state index in [1.165, 1.54) is 27.5 Å². The molecule has 0 fully saturated rings. The summed E-state index contributed by atoms with van der Waals surface area (Å²) in [6, 6.07) is 115. The summed E-state index contributed by atoms with van der Waals surface area (Å²) < 4.78 is 7.26. The van der Waals surface area contributed by atoms with E-state index in [4.69, 9.17) is 0 Å². The minimum atomic E-state index is -0.320. The van der Waals surface area contributed by atoms with Gasteiger partial charge in [-0.05, 0) is 199 Å². The molecule has 3 aromatic heterocycles. The smallest absolute Gasteiger partial charge is 0.252 e. The first-order valence-corrected chi connectivity index (χ1v) is 36.9. The van der Waals surface area contributed by atoms with Crippen LogP contribution in [0, 0.1) is 22.7 Å². The molecular formula is C98H76BN7. The highest BCUT2D eigenvalue weighted by Crippen LogP contribution is 2.52. The molecule has 8 heteroatoms. The summed E-state index contributed by atoms with van der Waals surface area (Å²) in [6.07, 6.45) is 0. The molecule has 0 spiro atoms. The first-order chi connectivity index (χ1) is 51.4. The van der Waals surface area contributed by atoms with E-state index in [9.17, 15) is 10.5 Å². The Morgan fingerprint density at radius 2 is 0.651 bits per heavy atom. The van der Waals surface area contributed by atoms with Gasteiger partial charge in [0.25, 0.3) is 6.71 Å². The van der Waals surface area contributed by atoms with Crippen LogP contribution in [0.1, 0.15) is 90.1 Å². The predicted octanol–water partition coefficient (Wildman–Crippen LogP) is 23.7. The summed E-state index contributed by atoms with van der Waals surface area (Å²) >= 11 is 0. The van der Waals surface area contributed by atoms with Gasteiger partial charge in [-0.25, -0.2) is 0 Å². The topological polar surface area (TPSA) is 68.8 Å². The Morgan fingerprint density at radius 3 is 1.08 bits per heavy atom. The highest BCUT2D eigenvalue weighted by Gasteiger charge is 2.45. The van der Waals surface area contributed by atoms with Crippen molar-refractivity contribution in [1.82, 2.24) is 13.7 Å².